The molecule has 0 amide bonds. The first-order chi connectivity index (χ1) is 4.31. The minimum Gasteiger partial charge on any atom is -0.463 e. The van der Waals surface area contributed by atoms with Gasteiger partial charge in [0.05, 0.1) is 0 Å². The third-order valence-electron chi connectivity index (χ3n) is 0.602. The van der Waals surface area contributed by atoms with Crippen LogP contribution in [0.5, 0.6) is 0 Å². The van der Waals surface area contributed by atoms with Gasteiger partial charge in [0.25, 0.3) is 0 Å². The number of halogens is 1. The Hall–Kier alpha value is 0.160. The molecule has 0 saturated carbocycles. The summed E-state index contributed by atoms with van der Waals surface area (Å²) in [6, 6.07) is 0. The standard InChI is InChI=1S/C5H9IO3/c1-8-4-5(7)9-3-2-6/h2-4H2,1H3. The molecule has 0 bridgehead atoms. The van der Waals surface area contributed by atoms with E-state index in [1.54, 1.807) is 0 Å². The molecule has 0 fully saturated rings. The smallest absolute Gasteiger partial charge is 0.332 e. The van der Waals surface area contributed by atoms with Gasteiger partial charge in [-0.2, -0.15) is 0 Å². The van der Waals surface area contributed by atoms with E-state index in [4.69, 9.17) is 0 Å². The summed E-state index contributed by atoms with van der Waals surface area (Å²) in [5.41, 5.74) is 0. The molecule has 0 aromatic heterocycles. The molecular formula is C5H9IO3. The van der Waals surface area contributed by atoms with Crippen molar-refractivity contribution in [2.24, 2.45) is 0 Å². The Morgan fingerprint density at radius 1 is 1.67 bits per heavy atom. The second-order valence-electron chi connectivity index (χ2n) is 1.34. The summed E-state index contributed by atoms with van der Waals surface area (Å²) in [5.74, 6) is -0.297. The van der Waals surface area contributed by atoms with Crippen LogP contribution in [0.15, 0.2) is 0 Å². The molecule has 0 rings (SSSR count). The van der Waals surface area contributed by atoms with Crippen LogP contribution in [0, 0.1) is 0 Å². The number of methoxy groups -OCH3 is 1. The minimum absolute atomic E-state index is 0.0522. The zero-order valence-electron chi connectivity index (χ0n) is 5.22. The van der Waals surface area contributed by atoms with Crippen molar-refractivity contribution >= 4 is 28.6 Å². The molecule has 0 spiro atoms. The molecule has 0 aliphatic rings. The van der Waals surface area contributed by atoms with Crippen molar-refractivity contribution in [3.8, 4) is 0 Å². The van der Waals surface area contributed by atoms with Crippen molar-refractivity contribution in [2.45, 2.75) is 0 Å². The third-order valence-corrected chi connectivity index (χ3v) is 1.04. The lowest BCUT2D eigenvalue weighted by molar-refractivity contribution is -0.147. The maximum absolute atomic E-state index is 10.5. The molecule has 9 heavy (non-hydrogen) atoms. The second kappa shape index (κ2) is 6.28. The number of ether oxygens (including phenoxy) is 2. The first-order valence-electron chi connectivity index (χ1n) is 2.51. The highest BCUT2D eigenvalue weighted by Crippen LogP contribution is 1.84. The van der Waals surface area contributed by atoms with Crippen LogP contribution < -0.4 is 0 Å². The summed E-state index contributed by atoms with van der Waals surface area (Å²) in [4.78, 5) is 10.5. The maximum Gasteiger partial charge on any atom is 0.332 e. The Labute approximate surface area is 67.8 Å². The van der Waals surface area contributed by atoms with E-state index in [9.17, 15) is 4.79 Å². The van der Waals surface area contributed by atoms with Gasteiger partial charge in [0.2, 0.25) is 0 Å². The fourth-order valence-corrected chi connectivity index (χ4v) is 0.532. The van der Waals surface area contributed by atoms with Crippen LogP contribution in [0.2, 0.25) is 0 Å². The maximum atomic E-state index is 10.5. The van der Waals surface area contributed by atoms with E-state index < -0.39 is 0 Å². The van der Waals surface area contributed by atoms with Crippen LogP contribution in [0.4, 0.5) is 0 Å². The number of hydrogen-bond acceptors (Lipinski definition) is 3. The van der Waals surface area contributed by atoms with E-state index in [-0.39, 0.29) is 12.6 Å². The molecule has 0 saturated heterocycles. The van der Waals surface area contributed by atoms with E-state index >= 15 is 0 Å². The summed E-state index contributed by atoms with van der Waals surface area (Å²) in [6.07, 6.45) is 0. The molecule has 0 N–H and O–H groups in total. The normalized spacial score (nSPS) is 9.11. The van der Waals surface area contributed by atoms with Crippen LogP contribution in [-0.2, 0) is 14.3 Å². The van der Waals surface area contributed by atoms with Crippen LogP contribution in [-0.4, -0.2) is 30.7 Å². The Morgan fingerprint density at radius 3 is 2.78 bits per heavy atom. The summed E-state index contributed by atoms with van der Waals surface area (Å²) in [6.45, 7) is 0.527. The van der Waals surface area contributed by atoms with E-state index in [2.05, 4.69) is 32.1 Å². The van der Waals surface area contributed by atoms with Crippen LogP contribution in [0.3, 0.4) is 0 Å². The Balaban J connectivity index is 3.06. The molecule has 0 atom stereocenters. The molecule has 0 aliphatic carbocycles. The Bertz CT molecular complexity index is 84.3. The SMILES string of the molecule is COCC(=O)OCCI. The number of alkyl halides is 1. The van der Waals surface area contributed by atoms with Crippen LogP contribution in [0.1, 0.15) is 0 Å². The minimum atomic E-state index is -0.297. The Kier molecular flexibility index (Phi) is 6.39. The predicted molar refractivity (Wildman–Crippen MR) is 41.7 cm³/mol. The average Bonchev–Trinajstić information content (AvgIpc) is 1.85. The highest BCUT2D eigenvalue weighted by molar-refractivity contribution is 14.1. The number of esters is 1. The van der Waals surface area contributed by atoms with Gasteiger partial charge in [0.1, 0.15) is 13.2 Å². The van der Waals surface area contributed by atoms with Crippen molar-refractivity contribution in [1.82, 2.24) is 0 Å². The summed E-state index contributed by atoms with van der Waals surface area (Å²) in [7, 11) is 1.46. The molecule has 3 nitrogen and oxygen atoms in total. The highest BCUT2D eigenvalue weighted by atomic mass is 127. The number of rotatable bonds is 4. The van der Waals surface area contributed by atoms with Gasteiger partial charge in [-0.3, -0.25) is 0 Å². The van der Waals surface area contributed by atoms with Gasteiger partial charge >= 0.3 is 5.97 Å². The molecule has 0 radical (unpaired) electrons. The van der Waals surface area contributed by atoms with E-state index in [0.717, 1.165) is 4.43 Å². The molecule has 4 heteroatoms. The Morgan fingerprint density at radius 2 is 2.33 bits per heavy atom. The topological polar surface area (TPSA) is 35.5 Å². The lowest BCUT2D eigenvalue weighted by Gasteiger charge is -1.99. The lowest BCUT2D eigenvalue weighted by atomic mass is 10.7. The van der Waals surface area contributed by atoms with E-state index in [1.807, 2.05) is 0 Å². The summed E-state index contributed by atoms with van der Waals surface area (Å²) >= 11 is 2.13. The summed E-state index contributed by atoms with van der Waals surface area (Å²) < 4.78 is 10.0. The van der Waals surface area contributed by atoms with Gasteiger partial charge in [-0.25, -0.2) is 4.79 Å². The first kappa shape index (κ1) is 9.16. The molecule has 0 aromatic carbocycles. The van der Waals surface area contributed by atoms with Gasteiger partial charge in [-0.15, -0.1) is 0 Å². The van der Waals surface area contributed by atoms with Gasteiger partial charge in [-0.05, 0) is 0 Å². The molecular weight excluding hydrogens is 235 g/mol. The van der Waals surface area contributed by atoms with E-state index in [0.29, 0.717) is 6.61 Å². The first-order valence-corrected chi connectivity index (χ1v) is 4.04. The molecule has 0 heterocycles. The van der Waals surface area contributed by atoms with Crippen LogP contribution >= 0.6 is 22.6 Å². The van der Waals surface area contributed by atoms with Crippen LogP contribution in [0.25, 0.3) is 0 Å². The summed E-state index contributed by atoms with van der Waals surface area (Å²) in [5, 5.41) is 0. The zero-order valence-corrected chi connectivity index (χ0v) is 7.38. The van der Waals surface area contributed by atoms with Crippen molar-refractivity contribution in [1.29, 1.82) is 0 Å². The fourth-order valence-electron chi connectivity index (χ4n) is 0.312. The third kappa shape index (κ3) is 6.04. The van der Waals surface area contributed by atoms with E-state index in [1.165, 1.54) is 7.11 Å². The molecule has 0 aromatic rings. The number of hydrogen-bond donors (Lipinski definition) is 0. The van der Waals surface area contributed by atoms with Crippen molar-refractivity contribution in [3.63, 3.8) is 0 Å². The van der Waals surface area contributed by atoms with Crippen molar-refractivity contribution in [3.05, 3.63) is 0 Å². The van der Waals surface area contributed by atoms with Gasteiger partial charge in [-0.1, -0.05) is 22.6 Å². The quantitative estimate of drug-likeness (QED) is 0.413. The number of carbonyl (C=O) groups excluding carboxylic acids is 1. The monoisotopic (exact) mass is 244 g/mol. The van der Waals surface area contributed by atoms with Gasteiger partial charge in [0.15, 0.2) is 0 Å². The molecule has 0 aliphatic heterocycles. The predicted octanol–water partition coefficient (Wildman–Crippen LogP) is 0.611. The van der Waals surface area contributed by atoms with Crippen molar-refractivity contribution in [2.75, 3.05) is 24.8 Å². The molecule has 0 unspecified atom stereocenters. The largest absolute Gasteiger partial charge is 0.463 e. The lowest BCUT2D eigenvalue weighted by Crippen LogP contribution is -2.12. The van der Waals surface area contributed by atoms with Gasteiger partial charge in [0, 0.05) is 11.5 Å². The second-order valence-corrected chi connectivity index (χ2v) is 2.42. The van der Waals surface area contributed by atoms with Crippen molar-refractivity contribution < 1.29 is 14.3 Å². The number of carbonyl (C=O) groups is 1. The van der Waals surface area contributed by atoms with Gasteiger partial charge < -0.3 is 9.47 Å². The molecule has 54 valence electrons. The fraction of sp³-hybridized carbons (Fsp3) is 0.800. The highest BCUT2D eigenvalue weighted by Gasteiger charge is 1.97. The zero-order chi connectivity index (χ0) is 7.11. The average molecular weight is 244 g/mol.